The van der Waals surface area contributed by atoms with Crippen LogP contribution in [-0.2, 0) is 12.8 Å². The molecule has 2 aromatic carbocycles. The minimum atomic E-state index is -0.0915. The number of aryl methyl sites for hydroxylation is 1. The lowest BCUT2D eigenvalue weighted by molar-refractivity contribution is 0.0946. The number of carbonyl (C=O) groups is 1. The Hall–Kier alpha value is -2.13. The average molecular weight is 280 g/mol. The molecule has 0 aliphatic carbocycles. The Labute approximate surface area is 125 Å². The number of hydrogen-bond acceptors (Lipinski definition) is 2. The van der Waals surface area contributed by atoms with Gasteiger partial charge >= 0.3 is 0 Å². The predicted molar refractivity (Wildman–Crippen MR) is 84.3 cm³/mol. The van der Waals surface area contributed by atoms with Gasteiger partial charge in [-0.25, -0.2) is 0 Å². The normalized spacial score (nSPS) is 15.2. The molecule has 3 rings (SSSR count). The van der Waals surface area contributed by atoms with Crippen LogP contribution in [-0.4, -0.2) is 12.5 Å². The predicted octanol–water partition coefficient (Wildman–Crippen LogP) is 2.52. The van der Waals surface area contributed by atoms with Gasteiger partial charge in [-0.05, 0) is 48.1 Å². The molecule has 21 heavy (non-hydrogen) atoms. The molecule has 0 radical (unpaired) electrons. The lowest BCUT2D eigenvalue weighted by Gasteiger charge is -2.20. The molecule has 1 aliphatic heterocycles. The monoisotopic (exact) mass is 280 g/mol. The third-order valence-electron chi connectivity index (χ3n) is 4.19. The van der Waals surface area contributed by atoms with Crippen molar-refractivity contribution in [3.05, 3.63) is 70.3 Å². The van der Waals surface area contributed by atoms with Crippen LogP contribution >= 0.6 is 0 Å². The van der Waals surface area contributed by atoms with Gasteiger partial charge in [-0.15, -0.1) is 0 Å². The molecule has 0 fully saturated rings. The van der Waals surface area contributed by atoms with E-state index >= 15 is 0 Å². The molecule has 0 aromatic heterocycles. The maximum atomic E-state index is 11.9. The largest absolute Gasteiger partial charge is 0.352 e. The van der Waals surface area contributed by atoms with Gasteiger partial charge in [0.2, 0.25) is 0 Å². The number of carbonyl (C=O) groups excluding carboxylic acids is 1. The Morgan fingerprint density at radius 1 is 1.24 bits per heavy atom. The molecule has 0 bridgehead atoms. The van der Waals surface area contributed by atoms with Crippen molar-refractivity contribution in [1.29, 1.82) is 0 Å². The summed E-state index contributed by atoms with van der Waals surface area (Å²) in [4.78, 5) is 11.9. The zero-order valence-electron chi connectivity index (χ0n) is 12.2. The third kappa shape index (κ3) is 2.83. The zero-order valence-corrected chi connectivity index (χ0v) is 12.2. The number of rotatable bonds is 3. The van der Waals surface area contributed by atoms with Crippen LogP contribution < -0.4 is 11.1 Å². The summed E-state index contributed by atoms with van der Waals surface area (Å²) in [5.41, 5.74) is 11.8. The summed E-state index contributed by atoms with van der Waals surface area (Å²) < 4.78 is 0. The second-order valence-corrected chi connectivity index (χ2v) is 5.66. The molecule has 1 heterocycles. The van der Waals surface area contributed by atoms with Crippen LogP contribution in [0.25, 0.3) is 0 Å². The van der Waals surface area contributed by atoms with E-state index in [-0.39, 0.29) is 11.9 Å². The minimum absolute atomic E-state index is 0.0150. The van der Waals surface area contributed by atoms with E-state index in [0.717, 1.165) is 36.1 Å². The number of amides is 1. The fourth-order valence-electron chi connectivity index (χ4n) is 2.85. The Kier molecular flexibility index (Phi) is 3.76. The molecular formula is C18H20N2O. The van der Waals surface area contributed by atoms with Gasteiger partial charge in [-0.1, -0.05) is 36.4 Å². The fraction of sp³-hybridized carbons (Fsp3) is 0.278. The third-order valence-corrected chi connectivity index (χ3v) is 4.19. The van der Waals surface area contributed by atoms with Crippen molar-refractivity contribution < 1.29 is 4.79 Å². The van der Waals surface area contributed by atoms with E-state index < -0.39 is 0 Å². The van der Waals surface area contributed by atoms with Crippen LogP contribution in [0.1, 0.15) is 38.7 Å². The van der Waals surface area contributed by atoms with Crippen LogP contribution in [0.4, 0.5) is 0 Å². The Bertz CT molecular complexity index is 679. The summed E-state index contributed by atoms with van der Waals surface area (Å²) in [6.07, 6.45) is 1.68. The number of hydrogen-bond donors (Lipinski definition) is 2. The van der Waals surface area contributed by atoms with Gasteiger partial charge in [-0.3, -0.25) is 4.79 Å². The quantitative estimate of drug-likeness (QED) is 0.907. The van der Waals surface area contributed by atoms with Crippen LogP contribution in [0.3, 0.4) is 0 Å². The molecule has 3 N–H and O–H groups in total. The molecule has 0 spiro atoms. The molecule has 1 unspecified atom stereocenters. The van der Waals surface area contributed by atoms with Crippen molar-refractivity contribution >= 4 is 5.91 Å². The Balaban J connectivity index is 1.85. The van der Waals surface area contributed by atoms with Gasteiger partial charge in [0.15, 0.2) is 0 Å². The van der Waals surface area contributed by atoms with Gasteiger partial charge in [0.1, 0.15) is 0 Å². The van der Waals surface area contributed by atoms with Crippen molar-refractivity contribution in [3.63, 3.8) is 0 Å². The van der Waals surface area contributed by atoms with Crippen LogP contribution in [0.2, 0.25) is 0 Å². The molecule has 1 atom stereocenters. The summed E-state index contributed by atoms with van der Waals surface area (Å²) in [5.74, 6) is 0.0150. The SMILES string of the molecule is Cc1ccccc1CC(N)c1ccc2c(c1)C(=O)NCC2. The number of fused-ring (bicyclic) bond motifs is 1. The van der Waals surface area contributed by atoms with E-state index in [4.69, 9.17) is 5.73 Å². The average Bonchev–Trinajstić information content (AvgIpc) is 2.50. The maximum Gasteiger partial charge on any atom is 0.251 e. The van der Waals surface area contributed by atoms with Crippen molar-refractivity contribution in [1.82, 2.24) is 5.32 Å². The van der Waals surface area contributed by atoms with Gasteiger partial charge in [-0.2, -0.15) is 0 Å². The first kappa shape index (κ1) is 13.8. The summed E-state index contributed by atoms with van der Waals surface area (Å²) in [6.45, 7) is 2.82. The lowest BCUT2D eigenvalue weighted by atomic mass is 9.92. The first-order valence-electron chi connectivity index (χ1n) is 7.36. The number of benzene rings is 2. The van der Waals surface area contributed by atoms with E-state index in [9.17, 15) is 4.79 Å². The maximum absolute atomic E-state index is 11.9. The standard InChI is InChI=1S/C18H20N2O/c1-12-4-2-3-5-14(12)11-17(19)15-7-6-13-8-9-20-18(21)16(13)10-15/h2-7,10,17H,8-9,11,19H2,1H3,(H,20,21). The Morgan fingerprint density at radius 2 is 2.05 bits per heavy atom. The number of nitrogens with two attached hydrogens (primary N) is 1. The number of nitrogens with one attached hydrogen (secondary N) is 1. The molecule has 1 aliphatic rings. The second-order valence-electron chi connectivity index (χ2n) is 5.66. The first-order valence-corrected chi connectivity index (χ1v) is 7.36. The highest BCUT2D eigenvalue weighted by molar-refractivity contribution is 5.96. The minimum Gasteiger partial charge on any atom is -0.352 e. The molecule has 108 valence electrons. The fourth-order valence-corrected chi connectivity index (χ4v) is 2.85. The zero-order chi connectivity index (χ0) is 14.8. The summed E-state index contributed by atoms with van der Waals surface area (Å²) in [7, 11) is 0. The van der Waals surface area contributed by atoms with Crippen molar-refractivity contribution in [3.8, 4) is 0 Å². The second kappa shape index (κ2) is 5.70. The molecule has 2 aromatic rings. The Morgan fingerprint density at radius 3 is 2.86 bits per heavy atom. The summed E-state index contributed by atoms with van der Waals surface area (Å²) in [5, 5.41) is 2.88. The van der Waals surface area contributed by atoms with E-state index in [1.165, 1.54) is 11.1 Å². The van der Waals surface area contributed by atoms with Crippen LogP contribution in [0, 0.1) is 6.92 Å². The van der Waals surface area contributed by atoms with Crippen LogP contribution in [0.5, 0.6) is 0 Å². The van der Waals surface area contributed by atoms with E-state index in [1.807, 2.05) is 24.3 Å². The summed E-state index contributed by atoms with van der Waals surface area (Å²) >= 11 is 0. The topological polar surface area (TPSA) is 55.1 Å². The molecule has 3 heteroatoms. The molecule has 1 amide bonds. The highest BCUT2D eigenvalue weighted by Gasteiger charge is 2.18. The van der Waals surface area contributed by atoms with E-state index in [1.54, 1.807) is 0 Å². The molecule has 3 nitrogen and oxygen atoms in total. The van der Waals surface area contributed by atoms with E-state index in [2.05, 4.69) is 30.4 Å². The van der Waals surface area contributed by atoms with Crippen molar-refractivity contribution in [2.45, 2.75) is 25.8 Å². The van der Waals surface area contributed by atoms with Gasteiger partial charge in [0.05, 0.1) is 0 Å². The highest BCUT2D eigenvalue weighted by atomic mass is 16.1. The van der Waals surface area contributed by atoms with E-state index in [0.29, 0.717) is 0 Å². The van der Waals surface area contributed by atoms with Crippen LogP contribution in [0.15, 0.2) is 42.5 Å². The molecule has 0 saturated carbocycles. The van der Waals surface area contributed by atoms with Gasteiger partial charge in [0.25, 0.3) is 5.91 Å². The van der Waals surface area contributed by atoms with Crippen molar-refractivity contribution in [2.75, 3.05) is 6.54 Å². The van der Waals surface area contributed by atoms with Gasteiger partial charge < -0.3 is 11.1 Å². The smallest absolute Gasteiger partial charge is 0.251 e. The van der Waals surface area contributed by atoms with Gasteiger partial charge in [0, 0.05) is 18.2 Å². The molecule has 0 saturated heterocycles. The summed E-state index contributed by atoms with van der Waals surface area (Å²) in [6, 6.07) is 14.2. The van der Waals surface area contributed by atoms with Crippen molar-refractivity contribution in [2.24, 2.45) is 5.73 Å². The molecular weight excluding hydrogens is 260 g/mol. The lowest BCUT2D eigenvalue weighted by Crippen LogP contribution is -2.32. The highest BCUT2D eigenvalue weighted by Crippen LogP contribution is 2.22. The first-order chi connectivity index (χ1) is 10.1.